The summed E-state index contributed by atoms with van der Waals surface area (Å²) in [5.41, 5.74) is 5.68. The first kappa shape index (κ1) is 11.9. The first-order chi connectivity index (χ1) is 6.82. The van der Waals surface area contributed by atoms with Crippen molar-refractivity contribution in [3.8, 4) is 0 Å². The standard InChI is InChI=1S/C11H19N3O/c1-11(2,3)10(12)8(15)7-9-13-5-6-14(9)4/h5-6,10H,7,12H2,1-4H3. The molecular weight excluding hydrogens is 190 g/mol. The maximum absolute atomic E-state index is 11.8. The van der Waals surface area contributed by atoms with Crippen molar-refractivity contribution in [1.82, 2.24) is 9.55 Å². The largest absolute Gasteiger partial charge is 0.338 e. The Morgan fingerprint density at radius 3 is 2.60 bits per heavy atom. The Labute approximate surface area is 90.5 Å². The lowest BCUT2D eigenvalue weighted by Gasteiger charge is -2.25. The van der Waals surface area contributed by atoms with E-state index in [-0.39, 0.29) is 11.2 Å². The lowest BCUT2D eigenvalue weighted by Crippen LogP contribution is -2.43. The average Bonchev–Trinajstić information content (AvgIpc) is 2.49. The quantitative estimate of drug-likeness (QED) is 0.804. The highest BCUT2D eigenvalue weighted by Crippen LogP contribution is 2.18. The van der Waals surface area contributed by atoms with Gasteiger partial charge in [0.25, 0.3) is 0 Å². The third-order valence-electron chi connectivity index (χ3n) is 2.53. The lowest BCUT2D eigenvalue weighted by atomic mass is 9.84. The Morgan fingerprint density at radius 1 is 1.60 bits per heavy atom. The molecule has 0 bridgehead atoms. The van der Waals surface area contributed by atoms with E-state index in [1.807, 2.05) is 38.6 Å². The summed E-state index contributed by atoms with van der Waals surface area (Å²) >= 11 is 0. The molecular formula is C11H19N3O. The molecule has 2 N–H and O–H groups in total. The van der Waals surface area contributed by atoms with Crippen molar-refractivity contribution in [1.29, 1.82) is 0 Å². The average molecular weight is 209 g/mol. The Balaban J connectivity index is 2.69. The zero-order chi connectivity index (χ0) is 11.6. The molecule has 4 nitrogen and oxygen atoms in total. The molecule has 0 radical (unpaired) electrons. The van der Waals surface area contributed by atoms with E-state index >= 15 is 0 Å². The molecule has 0 aromatic carbocycles. The van der Waals surface area contributed by atoms with E-state index in [0.717, 1.165) is 5.82 Å². The first-order valence-electron chi connectivity index (χ1n) is 5.07. The van der Waals surface area contributed by atoms with Crippen molar-refractivity contribution in [2.45, 2.75) is 33.2 Å². The second kappa shape index (κ2) is 4.14. The third kappa shape index (κ3) is 2.89. The molecule has 0 spiro atoms. The molecule has 0 aliphatic heterocycles. The number of aromatic nitrogens is 2. The predicted octanol–water partition coefficient (Wildman–Crippen LogP) is 0.905. The summed E-state index contributed by atoms with van der Waals surface area (Å²) in [5, 5.41) is 0. The van der Waals surface area contributed by atoms with Gasteiger partial charge in [-0.05, 0) is 5.41 Å². The fourth-order valence-electron chi connectivity index (χ4n) is 1.32. The highest BCUT2D eigenvalue weighted by molar-refractivity contribution is 5.86. The van der Waals surface area contributed by atoms with E-state index in [4.69, 9.17) is 5.73 Å². The van der Waals surface area contributed by atoms with Crippen LogP contribution in [0.1, 0.15) is 26.6 Å². The molecule has 0 saturated heterocycles. The normalized spacial score (nSPS) is 13.9. The molecule has 1 aromatic heterocycles. The molecule has 1 atom stereocenters. The van der Waals surface area contributed by atoms with Gasteiger partial charge in [0.15, 0.2) is 5.78 Å². The summed E-state index contributed by atoms with van der Waals surface area (Å²) in [7, 11) is 1.87. The number of ketones is 1. The maximum atomic E-state index is 11.8. The fourth-order valence-corrected chi connectivity index (χ4v) is 1.32. The Bertz CT molecular complexity index is 349. The smallest absolute Gasteiger partial charge is 0.157 e. The van der Waals surface area contributed by atoms with E-state index in [2.05, 4.69) is 4.98 Å². The van der Waals surface area contributed by atoms with E-state index in [0.29, 0.717) is 6.42 Å². The first-order valence-corrected chi connectivity index (χ1v) is 5.07. The maximum Gasteiger partial charge on any atom is 0.157 e. The van der Waals surface area contributed by atoms with Gasteiger partial charge in [-0.1, -0.05) is 20.8 Å². The molecule has 0 amide bonds. The summed E-state index contributed by atoms with van der Waals surface area (Å²) in [6.07, 6.45) is 3.82. The van der Waals surface area contributed by atoms with Crippen molar-refractivity contribution in [2.75, 3.05) is 0 Å². The van der Waals surface area contributed by atoms with Crippen LogP contribution < -0.4 is 5.73 Å². The summed E-state index contributed by atoms with van der Waals surface area (Å²) in [4.78, 5) is 15.9. The monoisotopic (exact) mass is 209 g/mol. The van der Waals surface area contributed by atoms with Crippen molar-refractivity contribution >= 4 is 5.78 Å². The molecule has 1 rings (SSSR count). The minimum absolute atomic E-state index is 0.0387. The molecule has 1 unspecified atom stereocenters. The van der Waals surface area contributed by atoms with Crippen LogP contribution in [0.25, 0.3) is 0 Å². The number of nitrogens with zero attached hydrogens (tertiary/aromatic N) is 2. The number of carbonyl (C=O) groups excluding carboxylic acids is 1. The number of imidazole rings is 1. The number of nitrogens with two attached hydrogens (primary N) is 1. The van der Waals surface area contributed by atoms with Crippen LogP contribution in [0.5, 0.6) is 0 Å². The third-order valence-corrected chi connectivity index (χ3v) is 2.53. The zero-order valence-corrected chi connectivity index (χ0v) is 9.82. The molecule has 0 saturated carbocycles. The number of Topliss-reactive ketones (excluding diaryl/α,β-unsaturated/α-hetero) is 1. The summed E-state index contributed by atoms with van der Waals surface area (Å²) in [6, 6.07) is -0.436. The van der Waals surface area contributed by atoms with Crippen LogP contribution in [0.15, 0.2) is 12.4 Å². The van der Waals surface area contributed by atoms with Gasteiger partial charge in [-0.25, -0.2) is 4.98 Å². The van der Waals surface area contributed by atoms with Crippen LogP contribution in [0, 0.1) is 5.41 Å². The molecule has 0 aliphatic carbocycles. The van der Waals surface area contributed by atoms with Gasteiger partial charge in [0, 0.05) is 19.4 Å². The van der Waals surface area contributed by atoms with Crippen molar-refractivity contribution in [3.05, 3.63) is 18.2 Å². The van der Waals surface area contributed by atoms with E-state index in [1.165, 1.54) is 0 Å². The Hall–Kier alpha value is -1.16. The van der Waals surface area contributed by atoms with Gasteiger partial charge in [-0.15, -0.1) is 0 Å². The second-order valence-corrected chi connectivity index (χ2v) is 4.94. The number of carbonyl (C=O) groups is 1. The van der Waals surface area contributed by atoms with Crippen molar-refractivity contribution < 1.29 is 4.79 Å². The highest BCUT2D eigenvalue weighted by Gasteiger charge is 2.27. The van der Waals surface area contributed by atoms with Crippen LogP contribution in [-0.2, 0) is 18.3 Å². The van der Waals surface area contributed by atoms with Gasteiger partial charge < -0.3 is 10.3 Å². The predicted molar refractivity (Wildman–Crippen MR) is 59.3 cm³/mol. The lowest BCUT2D eigenvalue weighted by molar-refractivity contribution is -0.121. The van der Waals surface area contributed by atoms with E-state index in [9.17, 15) is 4.79 Å². The highest BCUT2D eigenvalue weighted by atomic mass is 16.1. The molecule has 1 heterocycles. The van der Waals surface area contributed by atoms with Crippen molar-refractivity contribution in [2.24, 2.45) is 18.2 Å². The topological polar surface area (TPSA) is 60.9 Å². The number of hydrogen-bond donors (Lipinski definition) is 1. The second-order valence-electron chi connectivity index (χ2n) is 4.94. The number of aryl methyl sites for hydroxylation is 1. The SMILES string of the molecule is Cn1ccnc1CC(=O)C(N)C(C)(C)C. The zero-order valence-electron chi connectivity index (χ0n) is 9.82. The van der Waals surface area contributed by atoms with Crippen LogP contribution in [0.2, 0.25) is 0 Å². The minimum atomic E-state index is -0.436. The molecule has 15 heavy (non-hydrogen) atoms. The molecule has 0 aliphatic rings. The summed E-state index contributed by atoms with van der Waals surface area (Å²) < 4.78 is 1.84. The van der Waals surface area contributed by atoms with Gasteiger partial charge in [-0.3, -0.25) is 4.79 Å². The Morgan fingerprint density at radius 2 is 2.20 bits per heavy atom. The van der Waals surface area contributed by atoms with Gasteiger partial charge in [0.1, 0.15) is 5.82 Å². The van der Waals surface area contributed by atoms with E-state index < -0.39 is 6.04 Å². The number of hydrogen-bond acceptors (Lipinski definition) is 3. The summed E-state index contributed by atoms with van der Waals surface area (Å²) in [5.74, 6) is 0.802. The van der Waals surface area contributed by atoms with Gasteiger partial charge in [-0.2, -0.15) is 0 Å². The van der Waals surface area contributed by atoms with Gasteiger partial charge in [0.05, 0.1) is 12.5 Å². The van der Waals surface area contributed by atoms with Crippen molar-refractivity contribution in [3.63, 3.8) is 0 Å². The van der Waals surface area contributed by atoms with Gasteiger partial charge >= 0.3 is 0 Å². The molecule has 4 heteroatoms. The molecule has 84 valence electrons. The Kier molecular flexibility index (Phi) is 3.29. The fraction of sp³-hybridized carbons (Fsp3) is 0.636. The van der Waals surface area contributed by atoms with Crippen LogP contribution in [0.4, 0.5) is 0 Å². The van der Waals surface area contributed by atoms with E-state index in [1.54, 1.807) is 6.20 Å². The molecule has 0 fully saturated rings. The van der Waals surface area contributed by atoms with Crippen LogP contribution >= 0.6 is 0 Å². The molecule has 1 aromatic rings. The van der Waals surface area contributed by atoms with Crippen LogP contribution in [0.3, 0.4) is 0 Å². The van der Waals surface area contributed by atoms with Gasteiger partial charge in [0.2, 0.25) is 0 Å². The minimum Gasteiger partial charge on any atom is -0.338 e. The summed E-state index contributed by atoms with van der Waals surface area (Å²) in [6.45, 7) is 5.90. The van der Waals surface area contributed by atoms with Crippen LogP contribution in [-0.4, -0.2) is 21.4 Å². The number of rotatable bonds is 3.